The number of thioether (sulfide) groups is 1. The first-order valence-electron chi connectivity index (χ1n) is 12.2. The molecule has 0 aromatic heterocycles. The van der Waals surface area contributed by atoms with Crippen LogP contribution >= 0.6 is 23.4 Å². The number of para-hydroxylation sites is 1. The van der Waals surface area contributed by atoms with Crippen molar-refractivity contribution in [3.63, 3.8) is 0 Å². The smallest absolute Gasteiger partial charge is 0.264 e. The average Bonchev–Trinajstić information content (AvgIpc) is 3.30. The minimum atomic E-state index is -0.226. The highest BCUT2D eigenvalue weighted by molar-refractivity contribution is 8.18. The predicted octanol–water partition coefficient (Wildman–Crippen LogP) is 7.40. The van der Waals surface area contributed by atoms with E-state index >= 15 is 0 Å². The van der Waals surface area contributed by atoms with E-state index in [9.17, 15) is 4.79 Å². The molecule has 1 saturated heterocycles. The Morgan fingerprint density at radius 1 is 0.821 bits per heavy atom. The van der Waals surface area contributed by atoms with Gasteiger partial charge in [0.2, 0.25) is 0 Å². The van der Waals surface area contributed by atoms with Crippen molar-refractivity contribution in [2.45, 2.75) is 13.2 Å². The summed E-state index contributed by atoms with van der Waals surface area (Å²) in [6.45, 7) is 0.729. The molecule has 8 heteroatoms. The molecule has 4 aromatic rings. The van der Waals surface area contributed by atoms with E-state index in [1.165, 1.54) is 11.8 Å². The van der Waals surface area contributed by atoms with Crippen LogP contribution in [-0.4, -0.2) is 18.2 Å². The maximum absolute atomic E-state index is 12.6. The lowest BCUT2D eigenvalue weighted by atomic mass is 10.1. The normalized spacial score (nSPS) is 14.9. The number of benzene rings is 4. The van der Waals surface area contributed by atoms with E-state index in [1.54, 1.807) is 31.4 Å². The number of carbonyl (C=O) groups is 1. The van der Waals surface area contributed by atoms with Crippen molar-refractivity contribution in [3.05, 3.63) is 124 Å². The number of hydrogen-bond acceptors (Lipinski definition) is 6. The Bertz CT molecular complexity index is 1520. The molecule has 1 aliphatic heterocycles. The van der Waals surface area contributed by atoms with Gasteiger partial charge < -0.3 is 19.5 Å². The molecule has 0 saturated carbocycles. The summed E-state index contributed by atoms with van der Waals surface area (Å²) < 4.78 is 17.7. The molecular formula is C31H25ClN2O4S. The van der Waals surface area contributed by atoms with Crippen molar-refractivity contribution in [2.75, 3.05) is 7.11 Å². The maximum Gasteiger partial charge on any atom is 0.264 e. The number of ether oxygens (including phenoxy) is 3. The van der Waals surface area contributed by atoms with Crippen LogP contribution in [0.2, 0.25) is 5.02 Å². The highest BCUT2D eigenvalue weighted by Gasteiger charge is 2.24. The summed E-state index contributed by atoms with van der Waals surface area (Å²) in [7, 11) is 1.61. The van der Waals surface area contributed by atoms with E-state index in [0.717, 1.165) is 16.8 Å². The van der Waals surface area contributed by atoms with Gasteiger partial charge in [-0.25, -0.2) is 4.99 Å². The molecule has 196 valence electrons. The Balaban J connectivity index is 1.29. The zero-order valence-corrected chi connectivity index (χ0v) is 22.7. The number of carbonyl (C=O) groups excluding carboxylic acids is 1. The molecule has 1 amide bonds. The molecule has 0 atom stereocenters. The second kappa shape index (κ2) is 12.6. The summed E-state index contributed by atoms with van der Waals surface area (Å²) in [5.74, 6) is 1.64. The van der Waals surface area contributed by atoms with Crippen LogP contribution in [-0.2, 0) is 18.0 Å². The van der Waals surface area contributed by atoms with Gasteiger partial charge in [-0.2, -0.15) is 0 Å². The molecule has 1 aliphatic rings. The second-order valence-corrected chi connectivity index (χ2v) is 10.0. The van der Waals surface area contributed by atoms with Crippen LogP contribution in [0.3, 0.4) is 0 Å². The fourth-order valence-corrected chi connectivity index (χ4v) is 4.84. The van der Waals surface area contributed by atoms with Crippen molar-refractivity contribution >= 4 is 46.2 Å². The van der Waals surface area contributed by atoms with Gasteiger partial charge in [0, 0.05) is 10.6 Å². The number of nitrogens with one attached hydrogen (secondary N) is 1. The van der Waals surface area contributed by atoms with Crippen LogP contribution in [0.15, 0.2) is 107 Å². The molecule has 1 fully saturated rings. The molecule has 6 nitrogen and oxygen atoms in total. The van der Waals surface area contributed by atoms with Gasteiger partial charge in [0.1, 0.15) is 19.0 Å². The molecule has 4 aromatic carbocycles. The van der Waals surface area contributed by atoms with Crippen LogP contribution < -0.4 is 19.5 Å². The van der Waals surface area contributed by atoms with Gasteiger partial charge >= 0.3 is 0 Å². The first-order chi connectivity index (χ1) is 19.1. The summed E-state index contributed by atoms with van der Waals surface area (Å²) in [5.41, 5.74) is 3.43. The SMILES string of the molecule is COc1cc(COc2ccc(Cl)cc2/C=C2/SC(=Nc3ccccc3)NC2=O)ccc1OCc1ccccc1. The Morgan fingerprint density at radius 3 is 2.28 bits per heavy atom. The quantitative estimate of drug-likeness (QED) is 0.218. The Kier molecular flexibility index (Phi) is 8.51. The van der Waals surface area contributed by atoms with E-state index in [0.29, 0.717) is 44.5 Å². The highest BCUT2D eigenvalue weighted by Crippen LogP contribution is 2.33. The number of amides is 1. The number of rotatable bonds is 9. The fourth-order valence-electron chi connectivity index (χ4n) is 3.82. The summed E-state index contributed by atoms with van der Waals surface area (Å²) in [5, 5.41) is 3.87. The number of nitrogens with zero attached hydrogens (tertiary/aromatic N) is 1. The predicted molar refractivity (Wildman–Crippen MR) is 157 cm³/mol. The van der Waals surface area contributed by atoms with Crippen molar-refractivity contribution in [2.24, 2.45) is 4.99 Å². The van der Waals surface area contributed by atoms with Crippen molar-refractivity contribution in [1.82, 2.24) is 5.32 Å². The molecule has 1 heterocycles. The third-order valence-corrected chi connectivity index (χ3v) is 6.90. The summed E-state index contributed by atoms with van der Waals surface area (Å²) in [6.07, 6.45) is 1.76. The minimum Gasteiger partial charge on any atom is -0.493 e. The van der Waals surface area contributed by atoms with Gasteiger partial charge in [0.15, 0.2) is 16.7 Å². The molecule has 1 N–H and O–H groups in total. The number of aliphatic imine (C=N–C) groups is 1. The maximum atomic E-state index is 12.6. The van der Waals surface area contributed by atoms with Crippen LogP contribution in [0, 0.1) is 0 Å². The lowest BCUT2D eigenvalue weighted by Gasteiger charge is -2.14. The molecule has 0 bridgehead atoms. The van der Waals surface area contributed by atoms with Gasteiger partial charge in [-0.3, -0.25) is 4.79 Å². The molecule has 0 aliphatic carbocycles. The third-order valence-electron chi connectivity index (χ3n) is 5.76. The number of amidine groups is 1. The van der Waals surface area contributed by atoms with E-state index in [-0.39, 0.29) is 12.5 Å². The van der Waals surface area contributed by atoms with Gasteiger partial charge in [0.25, 0.3) is 5.91 Å². The average molecular weight is 557 g/mol. The topological polar surface area (TPSA) is 69.2 Å². The lowest BCUT2D eigenvalue weighted by molar-refractivity contribution is -0.115. The first kappa shape index (κ1) is 26.4. The fraction of sp³-hybridized carbons (Fsp3) is 0.0968. The minimum absolute atomic E-state index is 0.226. The largest absolute Gasteiger partial charge is 0.493 e. The Labute approximate surface area is 236 Å². The molecular weight excluding hydrogens is 532 g/mol. The highest BCUT2D eigenvalue weighted by atomic mass is 35.5. The zero-order valence-electron chi connectivity index (χ0n) is 21.1. The van der Waals surface area contributed by atoms with E-state index in [1.807, 2.05) is 78.9 Å². The summed E-state index contributed by atoms with van der Waals surface area (Å²) >= 11 is 7.54. The molecule has 0 unspecified atom stereocenters. The van der Waals surface area contributed by atoms with Crippen molar-refractivity contribution < 1.29 is 19.0 Å². The van der Waals surface area contributed by atoms with Crippen LogP contribution in [0.25, 0.3) is 6.08 Å². The number of methoxy groups -OCH3 is 1. The van der Waals surface area contributed by atoms with Crippen LogP contribution in [0.4, 0.5) is 5.69 Å². The third kappa shape index (κ3) is 7.02. The molecule has 5 rings (SSSR count). The second-order valence-electron chi connectivity index (χ2n) is 8.55. The standard InChI is InChI=1S/C31H25ClN2O4S/c1-36-28-16-22(12-14-27(28)38-19-21-8-4-2-5-9-21)20-37-26-15-13-24(32)17-23(26)18-29-30(35)34-31(39-29)33-25-10-6-3-7-11-25/h2-18H,19-20H2,1H3,(H,33,34,35)/b29-18+. The number of hydrogen-bond donors (Lipinski definition) is 1. The Morgan fingerprint density at radius 2 is 1.51 bits per heavy atom. The zero-order chi connectivity index (χ0) is 27.0. The van der Waals surface area contributed by atoms with E-state index in [2.05, 4.69) is 10.3 Å². The van der Waals surface area contributed by atoms with E-state index < -0.39 is 0 Å². The van der Waals surface area contributed by atoms with Crippen molar-refractivity contribution in [1.29, 1.82) is 0 Å². The summed E-state index contributed by atoms with van der Waals surface area (Å²) in [4.78, 5) is 17.6. The van der Waals surface area contributed by atoms with Crippen molar-refractivity contribution in [3.8, 4) is 17.2 Å². The van der Waals surface area contributed by atoms with Gasteiger partial charge in [-0.15, -0.1) is 0 Å². The summed E-state index contributed by atoms with van der Waals surface area (Å²) in [6, 6.07) is 30.4. The van der Waals surface area contributed by atoms with Gasteiger partial charge in [-0.1, -0.05) is 66.2 Å². The molecule has 39 heavy (non-hydrogen) atoms. The van der Waals surface area contributed by atoms with Gasteiger partial charge in [0.05, 0.1) is 17.7 Å². The molecule has 0 radical (unpaired) electrons. The van der Waals surface area contributed by atoms with E-state index in [4.69, 9.17) is 25.8 Å². The van der Waals surface area contributed by atoms with Crippen LogP contribution in [0.1, 0.15) is 16.7 Å². The van der Waals surface area contributed by atoms with Gasteiger partial charge in [-0.05, 0) is 71.4 Å². The first-order valence-corrected chi connectivity index (χ1v) is 13.4. The Hall–Kier alpha value is -4.20. The monoisotopic (exact) mass is 556 g/mol. The molecule has 0 spiro atoms. The lowest BCUT2D eigenvalue weighted by Crippen LogP contribution is -2.19. The van der Waals surface area contributed by atoms with Crippen LogP contribution in [0.5, 0.6) is 17.2 Å². The number of halogens is 1.